The van der Waals surface area contributed by atoms with Crippen molar-refractivity contribution in [1.29, 1.82) is 0 Å². The molecule has 0 aromatic carbocycles. The Morgan fingerprint density at radius 1 is 1.24 bits per heavy atom. The maximum absolute atomic E-state index is 3.65. The molecular formula is C15H33NSi. The van der Waals surface area contributed by atoms with E-state index in [0.717, 1.165) is 25.2 Å². The lowest BCUT2D eigenvalue weighted by Gasteiger charge is -2.34. The summed E-state index contributed by atoms with van der Waals surface area (Å²) in [6, 6.07) is 1.58. The molecule has 0 spiro atoms. The van der Waals surface area contributed by atoms with Crippen molar-refractivity contribution in [3.8, 4) is 0 Å². The SMILES string of the molecule is C=CCN(CC)CC.CC1CCCC[Si]1(C)C. The first-order valence-electron chi connectivity index (χ1n) is 7.31. The fourth-order valence-electron chi connectivity index (χ4n) is 2.33. The number of rotatable bonds is 4. The number of hydrogen-bond donors (Lipinski definition) is 0. The van der Waals surface area contributed by atoms with Gasteiger partial charge in [0.25, 0.3) is 0 Å². The van der Waals surface area contributed by atoms with E-state index in [4.69, 9.17) is 0 Å². The zero-order valence-electron chi connectivity index (χ0n) is 12.8. The van der Waals surface area contributed by atoms with Gasteiger partial charge in [0.1, 0.15) is 0 Å². The highest BCUT2D eigenvalue weighted by Gasteiger charge is 2.30. The molecule has 1 saturated heterocycles. The molecule has 0 aromatic heterocycles. The van der Waals surface area contributed by atoms with Gasteiger partial charge in [0.2, 0.25) is 0 Å². The van der Waals surface area contributed by atoms with Gasteiger partial charge in [0.15, 0.2) is 0 Å². The minimum atomic E-state index is -0.694. The monoisotopic (exact) mass is 255 g/mol. The zero-order chi connectivity index (χ0) is 13.3. The fraction of sp³-hybridized carbons (Fsp3) is 0.867. The lowest BCUT2D eigenvalue weighted by molar-refractivity contribution is 0.337. The van der Waals surface area contributed by atoms with Gasteiger partial charge in [0.05, 0.1) is 8.07 Å². The first-order valence-corrected chi connectivity index (χ1v) is 10.6. The van der Waals surface area contributed by atoms with Crippen molar-refractivity contribution < 1.29 is 0 Å². The summed E-state index contributed by atoms with van der Waals surface area (Å²) in [6.07, 6.45) is 6.47. The van der Waals surface area contributed by atoms with Gasteiger partial charge in [0, 0.05) is 6.54 Å². The third-order valence-corrected chi connectivity index (χ3v) is 8.92. The summed E-state index contributed by atoms with van der Waals surface area (Å²) in [5, 5.41) is 0. The molecular weight excluding hydrogens is 222 g/mol. The van der Waals surface area contributed by atoms with Gasteiger partial charge in [-0.1, -0.05) is 65.2 Å². The maximum Gasteiger partial charge on any atom is 0.0502 e. The maximum atomic E-state index is 3.65. The predicted octanol–water partition coefficient (Wildman–Crippen LogP) is 4.78. The Balaban J connectivity index is 0.000000304. The molecule has 1 heterocycles. The largest absolute Gasteiger partial charge is 0.300 e. The van der Waals surface area contributed by atoms with Gasteiger partial charge in [-0.2, -0.15) is 0 Å². The highest BCUT2D eigenvalue weighted by Crippen LogP contribution is 2.36. The van der Waals surface area contributed by atoms with Gasteiger partial charge in [-0.3, -0.25) is 0 Å². The molecule has 1 rings (SSSR count). The Morgan fingerprint density at radius 2 is 1.82 bits per heavy atom. The Kier molecular flexibility index (Phi) is 8.88. The number of hydrogen-bond acceptors (Lipinski definition) is 1. The van der Waals surface area contributed by atoms with Crippen molar-refractivity contribution in [1.82, 2.24) is 4.90 Å². The lowest BCUT2D eigenvalue weighted by Crippen LogP contribution is -2.33. The summed E-state index contributed by atoms with van der Waals surface area (Å²) in [6.45, 7) is 18.8. The van der Waals surface area contributed by atoms with Crippen LogP contribution in [0.25, 0.3) is 0 Å². The van der Waals surface area contributed by atoms with Crippen molar-refractivity contribution in [3.63, 3.8) is 0 Å². The highest BCUT2D eigenvalue weighted by atomic mass is 28.3. The Morgan fingerprint density at radius 3 is 2.06 bits per heavy atom. The Labute approximate surface area is 110 Å². The first kappa shape index (κ1) is 16.9. The van der Waals surface area contributed by atoms with Crippen LogP contribution in [0.2, 0.25) is 24.7 Å². The quantitative estimate of drug-likeness (QED) is 0.516. The predicted molar refractivity (Wildman–Crippen MR) is 83.5 cm³/mol. The zero-order valence-corrected chi connectivity index (χ0v) is 13.8. The molecule has 0 aromatic rings. The lowest BCUT2D eigenvalue weighted by atomic mass is 10.2. The molecule has 102 valence electrons. The second kappa shape index (κ2) is 8.93. The van der Waals surface area contributed by atoms with E-state index < -0.39 is 8.07 Å². The van der Waals surface area contributed by atoms with E-state index in [1.165, 1.54) is 19.3 Å². The van der Waals surface area contributed by atoms with E-state index >= 15 is 0 Å². The van der Waals surface area contributed by atoms with Crippen molar-refractivity contribution in [3.05, 3.63) is 12.7 Å². The summed E-state index contributed by atoms with van der Waals surface area (Å²) in [5.41, 5.74) is 1.09. The molecule has 0 radical (unpaired) electrons. The van der Waals surface area contributed by atoms with Gasteiger partial charge >= 0.3 is 0 Å². The summed E-state index contributed by atoms with van der Waals surface area (Å²) < 4.78 is 0. The van der Waals surface area contributed by atoms with Crippen LogP contribution in [0.4, 0.5) is 0 Å². The van der Waals surface area contributed by atoms with Crippen LogP contribution in [0, 0.1) is 0 Å². The van der Waals surface area contributed by atoms with Gasteiger partial charge in [-0.15, -0.1) is 6.58 Å². The summed E-state index contributed by atoms with van der Waals surface area (Å²) in [7, 11) is -0.694. The number of nitrogens with zero attached hydrogens (tertiary/aromatic N) is 1. The third kappa shape index (κ3) is 7.05. The van der Waals surface area contributed by atoms with Crippen LogP contribution in [0.1, 0.15) is 40.0 Å². The molecule has 1 nitrogen and oxygen atoms in total. The summed E-state index contributed by atoms with van der Waals surface area (Å²) >= 11 is 0. The van der Waals surface area contributed by atoms with Crippen LogP contribution in [0.5, 0.6) is 0 Å². The van der Waals surface area contributed by atoms with Crippen molar-refractivity contribution in [2.24, 2.45) is 0 Å². The van der Waals surface area contributed by atoms with Gasteiger partial charge in [-0.05, 0) is 18.6 Å². The van der Waals surface area contributed by atoms with E-state index in [2.05, 4.69) is 45.3 Å². The van der Waals surface area contributed by atoms with E-state index in [9.17, 15) is 0 Å². The standard InChI is InChI=1S/C8H18Si.C7H15N/c1-8-6-4-5-7-9(8,2)3;1-4-7-8(5-2)6-3/h8H,4-7H2,1-3H3;4H,1,5-7H2,2-3H3. The minimum Gasteiger partial charge on any atom is -0.300 e. The van der Waals surface area contributed by atoms with E-state index in [0.29, 0.717) is 0 Å². The number of likely N-dealkylation sites (N-methyl/N-ethyl adjacent to an activating group) is 1. The average molecular weight is 256 g/mol. The second-order valence-electron chi connectivity index (χ2n) is 5.91. The van der Waals surface area contributed by atoms with Crippen LogP contribution < -0.4 is 0 Å². The third-order valence-electron chi connectivity index (χ3n) is 4.32. The van der Waals surface area contributed by atoms with Crippen molar-refractivity contribution in [2.75, 3.05) is 19.6 Å². The molecule has 0 aliphatic carbocycles. The van der Waals surface area contributed by atoms with Crippen molar-refractivity contribution >= 4 is 8.07 Å². The van der Waals surface area contributed by atoms with Crippen LogP contribution in [-0.2, 0) is 0 Å². The summed E-state index contributed by atoms with van der Waals surface area (Å²) in [5.74, 6) is 0. The van der Waals surface area contributed by atoms with Crippen LogP contribution in [-0.4, -0.2) is 32.6 Å². The summed E-state index contributed by atoms with van der Waals surface area (Å²) in [4.78, 5) is 2.31. The average Bonchev–Trinajstić information content (AvgIpc) is 2.31. The molecule has 0 saturated carbocycles. The molecule has 1 aliphatic heterocycles. The Hall–Kier alpha value is -0.0831. The van der Waals surface area contributed by atoms with Crippen LogP contribution in [0.3, 0.4) is 0 Å². The van der Waals surface area contributed by atoms with Crippen LogP contribution in [0.15, 0.2) is 12.7 Å². The van der Waals surface area contributed by atoms with Crippen LogP contribution >= 0.6 is 0 Å². The molecule has 1 unspecified atom stereocenters. The Bertz CT molecular complexity index is 197. The van der Waals surface area contributed by atoms with E-state index in [1.54, 1.807) is 6.04 Å². The highest BCUT2D eigenvalue weighted by molar-refractivity contribution is 6.78. The smallest absolute Gasteiger partial charge is 0.0502 e. The second-order valence-corrected chi connectivity index (χ2v) is 11.4. The van der Waals surface area contributed by atoms with Gasteiger partial charge < -0.3 is 4.90 Å². The normalized spacial score (nSPS) is 22.8. The minimum absolute atomic E-state index is 0.694. The fourth-order valence-corrected chi connectivity index (χ4v) is 4.97. The topological polar surface area (TPSA) is 3.24 Å². The molecule has 1 aliphatic rings. The molecule has 17 heavy (non-hydrogen) atoms. The molecule has 1 fully saturated rings. The van der Waals surface area contributed by atoms with E-state index in [1.807, 2.05) is 6.08 Å². The van der Waals surface area contributed by atoms with Crippen molar-refractivity contribution in [2.45, 2.75) is 64.7 Å². The first-order chi connectivity index (χ1) is 7.97. The van der Waals surface area contributed by atoms with Gasteiger partial charge in [-0.25, -0.2) is 0 Å². The molecule has 0 amide bonds. The van der Waals surface area contributed by atoms with E-state index in [-0.39, 0.29) is 0 Å². The molecule has 1 atom stereocenters. The molecule has 2 heteroatoms. The molecule has 0 N–H and O–H groups in total. The molecule has 0 bridgehead atoms.